The van der Waals surface area contributed by atoms with Crippen molar-refractivity contribution in [2.75, 3.05) is 26.3 Å². The Hall–Kier alpha value is -3.91. The number of ether oxygens (including phenoxy) is 1. The number of nitrogens with two attached hydrogens (primary N) is 1. The standard InChI is InChI=1S/C27H29ClN6O4/c1-27(2,31-26(29)37)8-7-19-13-18(16-34-9-11-38-12-10-34)14-21-22(19)32-33-23(24(21)35)25(36)30-15-17-3-5-20(28)6-4-17/h3-6,13-14H,9-12,15-16H2,1-2H3,(H,30,36)(H,32,35)(H3,29,31,37). The third-order valence-electron chi connectivity index (χ3n) is 5.97. The summed E-state index contributed by atoms with van der Waals surface area (Å²) >= 11 is 5.92. The van der Waals surface area contributed by atoms with Crippen LogP contribution in [0.5, 0.6) is 0 Å². The molecule has 1 saturated heterocycles. The highest BCUT2D eigenvalue weighted by atomic mass is 35.5. The lowest BCUT2D eigenvalue weighted by Gasteiger charge is -2.26. The van der Waals surface area contributed by atoms with Gasteiger partial charge in [-0.1, -0.05) is 35.6 Å². The molecule has 0 unspecified atom stereocenters. The number of urea groups is 1. The zero-order chi connectivity index (χ0) is 27.3. The minimum Gasteiger partial charge on any atom is -0.379 e. The maximum absolute atomic E-state index is 13.5. The Balaban J connectivity index is 1.70. The van der Waals surface area contributed by atoms with Gasteiger partial charge in [-0.2, -0.15) is 5.10 Å². The van der Waals surface area contributed by atoms with E-state index < -0.39 is 22.9 Å². The van der Waals surface area contributed by atoms with Crippen LogP contribution in [0.15, 0.2) is 41.2 Å². The lowest BCUT2D eigenvalue weighted by molar-refractivity contribution is 0.0342. The molecule has 5 N–H and O–H groups in total. The van der Waals surface area contributed by atoms with Crippen molar-refractivity contribution in [2.24, 2.45) is 5.73 Å². The molecule has 11 heteroatoms. The van der Waals surface area contributed by atoms with Gasteiger partial charge in [0.15, 0.2) is 5.69 Å². The zero-order valence-corrected chi connectivity index (χ0v) is 21.9. The number of carbonyl (C=O) groups is 2. The molecule has 2 aromatic carbocycles. The van der Waals surface area contributed by atoms with Gasteiger partial charge in [0.05, 0.1) is 35.2 Å². The summed E-state index contributed by atoms with van der Waals surface area (Å²) in [5.74, 6) is 5.45. The van der Waals surface area contributed by atoms with Crippen LogP contribution in [-0.4, -0.2) is 58.9 Å². The molecule has 1 aromatic heterocycles. The third-order valence-corrected chi connectivity index (χ3v) is 6.23. The van der Waals surface area contributed by atoms with Gasteiger partial charge in [0.2, 0.25) is 5.43 Å². The predicted octanol–water partition coefficient (Wildman–Crippen LogP) is 2.14. The Morgan fingerprint density at radius 3 is 2.58 bits per heavy atom. The quantitative estimate of drug-likeness (QED) is 0.355. The first-order valence-corrected chi connectivity index (χ1v) is 12.5. The molecule has 38 heavy (non-hydrogen) atoms. The highest BCUT2D eigenvalue weighted by molar-refractivity contribution is 6.30. The summed E-state index contributed by atoms with van der Waals surface area (Å²) < 4.78 is 5.44. The number of primary amides is 1. The second-order valence-electron chi connectivity index (χ2n) is 9.53. The molecule has 0 bridgehead atoms. The van der Waals surface area contributed by atoms with Gasteiger partial charge < -0.3 is 21.1 Å². The van der Waals surface area contributed by atoms with Gasteiger partial charge in [0.25, 0.3) is 5.91 Å². The Morgan fingerprint density at radius 2 is 1.89 bits per heavy atom. The first kappa shape index (κ1) is 27.1. The van der Waals surface area contributed by atoms with Gasteiger partial charge in [-0.15, -0.1) is 0 Å². The topological polar surface area (TPSA) is 142 Å². The van der Waals surface area contributed by atoms with Crippen LogP contribution in [0.2, 0.25) is 5.02 Å². The number of hydrogen-bond donors (Lipinski definition) is 4. The Kier molecular flexibility index (Phi) is 8.32. The Labute approximate surface area is 224 Å². The lowest BCUT2D eigenvalue weighted by atomic mass is 10.0. The molecule has 1 aliphatic rings. The number of rotatable bonds is 6. The summed E-state index contributed by atoms with van der Waals surface area (Å²) in [6.07, 6.45) is 0. The third kappa shape index (κ3) is 6.89. The molecular formula is C27H29ClN6O4. The highest BCUT2D eigenvalue weighted by Crippen LogP contribution is 2.19. The molecule has 0 radical (unpaired) electrons. The number of halogens is 1. The monoisotopic (exact) mass is 536 g/mol. The number of benzene rings is 2. The summed E-state index contributed by atoms with van der Waals surface area (Å²) in [5, 5.41) is 13.1. The smallest absolute Gasteiger partial charge is 0.313 e. The number of aromatic nitrogens is 2. The molecule has 1 fully saturated rings. The first-order chi connectivity index (χ1) is 18.1. The van der Waals surface area contributed by atoms with Crippen molar-refractivity contribution in [3.05, 3.63) is 74.0 Å². The number of carbonyl (C=O) groups excluding carboxylic acids is 2. The molecule has 10 nitrogen and oxygen atoms in total. The van der Waals surface area contributed by atoms with Gasteiger partial charge in [-0.25, -0.2) is 4.79 Å². The van der Waals surface area contributed by atoms with Gasteiger partial charge in [-0.3, -0.25) is 19.6 Å². The van der Waals surface area contributed by atoms with Crippen molar-refractivity contribution in [1.82, 2.24) is 25.7 Å². The molecule has 0 atom stereocenters. The Bertz CT molecular complexity index is 1470. The second kappa shape index (κ2) is 11.6. The fourth-order valence-electron chi connectivity index (χ4n) is 4.08. The lowest BCUT2D eigenvalue weighted by Crippen LogP contribution is -2.45. The maximum atomic E-state index is 13.5. The molecule has 0 aliphatic carbocycles. The normalized spacial score (nSPS) is 14.0. The molecule has 0 saturated carbocycles. The van der Waals surface area contributed by atoms with Gasteiger partial charge >= 0.3 is 6.03 Å². The SMILES string of the molecule is CC(C)(C#Cc1cc(CN2CCOCC2)cc2c(=O)c(C(=O)NCc3ccc(Cl)cc3)n[nH]c12)NC(N)=O. The van der Waals surface area contributed by atoms with E-state index in [2.05, 4.69) is 37.6 Å². The molecule has 3 aromatic rings. The Morgan fingerprint density at radius 1 is 1.18 bits per heavy atom. The summed E-state index contributed by atoms with van der Waals surface area (Å²) in [6.45, 7) is 7.02. The zero-order valence-electron chi connectivity index (χ0n) is 21.2. The molecule has 4 rings (SSSR count). The molecule has 3 amide bonds. The minimum absolute atomic E-state index is 0.213. The minimum atomic E-state index is -0.909. The predicted molar refractivity (Wildman–Crippen MR) is 145 cm³/mol. The fraction of sp³-hybridized carbons (Fsp3) is 0.333. The fourth-order valence-corrected chi connectivity index (χ4v) is 4.21. The molecule has 2 heterocycles. The van der Waals surface area contributed by atoms with Crippen LogP contribution in [0.1, 0.15) is 41.0 Å². The van der Waals surface area contributed by atoms with E-state index in [0.717, 1.165) is 24.2 Å². The number of morpholine rings is 1. The molecule has 0 spiro atoms. The average molecular weight is 537 g/mol. The number of hydrogen-bond acceptors (Lipinski definition) is 6. The number of amides is 3. The average Bonchev–Trinajstić information content (AvgIpc) is 2.87. The van der Waals surface area contributed by atoms with Crippen molar-refractivity contribution >= 4 is 34.4 Å². The molecule has 198 valence electrons. The van der Waals surface area contributed by atoms with Crippen LogP contribution in [0, 0.1) is 11.8 Å². The van der Waals surface area contributed by atoms with E-state index in [9.17, 15) is 14.4 Å². The van der Waals surface area contributed by atoms with Crippen molar-refractivity contribution in [3.8, 4) is 11.8 Å². The van der Waals surface area contributed by atoms with Crippen LogP contribution in [0.25, 0.3) is 10.9 Å². The largest absolute Gasteiger partial charge is 0.379 e. The van der Waals surface area contributed by atoms with Crippen molar-refractivity contribution in [2.45, 2.75) is 32.5 Å². The summed E-state index contributed by atoms with van der Waals surface area (Å²) in [4.78, 5) is 39.9. The van der Waals surface area contributed by atoms with E-state index >= 15 is 0 Å². The van der Waals surface area contributed by atoms with Crippen LogP contribution in [0.4, 0.5) is 4.79 Å². The van der Waals surface area contributed by atoms with E-state index in [-0.39, 0.29) is 12.2 Å². The summed E-state index contributed by atoms with van der Waals surface area (Å²) in [5.41, 5.74) is 6.21. The summed E-state index contributed by atoms with van der Waals surface area (Å²) in [7, 11) is 0. The van der Waals surface area contributed by atoms with E-state index in [1.165, 1.54) is 0 Å². The summed E-state index contributed by atoms with van der Waals surface area (Å²) in [6, 6.07) is 9.98. The van der Waals surface area contributed by atoms with E-state index in [1.807, 2.05) is 6.07 Å². The van der Waals surface area contributed by atoms with Crippen LogP contribution < -0.4 is 21.8 Å². The maximum Gasteiger partial charge on any atom is 0.313 e. The number of nitrogens with zero attached hydrogens (tertiary/aromatic N) is 2. The van der Waals surface area contributed by atoms with Gasteiger partial charge in [0.1, 0.15) is 0 Å². The number of H-pyrrole nitrogens is 1. The van der Waals surface area contributed by atoms with Crippen LogP contribution in [0.3, 0.4) is 0 Å². The number of aromatic amines is 1. The van der Waals surface area contributed by atoms with Crippen LogP contribution >= 0.6 is 11.6 Å². The number of nitrogens with one attached hydrogen (secondary N) is 3. The molecular weight excluding hydrogens is 508 g/mol. The van der Waals surface area contributed by atoms with Gasteiger partial charge in [-0.05, 0) is 49.2 Å². The van der Waals surface area contributed by atoms with Crippen molar-refractivity contribution in [3.63, 3.8) is 0 Å². The highest BCUT2D eigenvalue weighted by Gasteiger charge is 2.19. The first-order valence-electron chi connectivity index (χ1n) is 12.1. The molecule has 1 aliphatic heterocycles. The van der Waals surface area contributed by atoms with Crippen molar-refractivity contribution in [1.29, 1.82) is 0 Å². The second-order valence-corrected chi connectivity index (χ2v) is 9.97. The van der Waals surface area contributed by atoms with E-state index in [1.54, 1.807) is 44.2 Å². The number of fused-ring (bicyclic) bond motifs is 1. The van der Waals surface area contributed by atoms with E-state index in [4.69, 9.17) is 22.1 Å². The van der Waals surface area contributed by atoms with Crippen molar-refractivity contribution < 1.29 is 14.3 Å². The van der Waals surface area contributed by atoms with Gasteiger partial charge in [0, 0.05) is 31.2 Å². The van der Waals surface area contributed by atoms with E-state index in [0.29, 0.717) is 41.2 Å². The van der Waals surface area contributed by atoms with Crippen LogP contribution in [-0.2, 0) is 17.8 Å².